The van der Waals surface area contributed by atoms with Crippen molar-refractivity contribution in [3.63, 3.8) is 0 Å². The number of carbonyl (C=O) groups is 2. The number of nitrogens with zero attached hydrogens (tertiary/aromatic N) is 1. The van der Waals surface area contributed by atoms with Gasteiger partial charge in [-0.1, -0.05) is 38.1 Å². The van der Waals surface area contributed by atoms with E-state index in [9.17, 15) is 9.59 Å². The third kappa shape index (κ3) is 7.50. The highest BCUT2D eigenvalue weighted by atomic mass is 16.6. The first-order valence-corrected chi connectivity index (χ1v) is 10.3. The molecule has 1 saturated heterocycles. The van der Waals surface area contributed by atoms with Crippen LogP contribution in [0.1, 0.15) is 58.1 Å². The fraction of sp³-hybridized carbons (Fsp3) is 0.636. The molecule has 1 aromatic rings. The van der Waals surface area contributed by atoms with E-state index in [1.165, 1.54) is 16.0 Å². The Morgan fingerprint density at radius 3 is 2.29 bits per heavy atom. The Morgan fingerprint density at radius 1 is 1.14 bits per heavy atom. The lowest BCUT2D eigenvalue weighted by molar-refractivity contribution is -0.917. The van der Waals surface area contributed by atoms with E-state index in [0.29, 0.717) is 18.9 Å². The zero-order valence-electron chi connectivity index (χ0n) is 18.0. The maximum Gasteiger partial charge on any atom is 0.407 e. The van der Waals surface area contributed by atoms with Gasteiger partial charge in [-0.25, -0.2) is 4.79 Å². The van der Waals surface area contributed by atoms with Gasteiger partial charge in [-0.3, -0.25) is 4.79 Å². The smallest absolute Gasteiger partial charge is 0.407 e. The van der Waals surface area contributed by atoms with Crippen molar-refractivity contribution in [1.82, 2.24) is 10.2 Å². The maximum absolute atomic E-state index is 12.4. The lowest BCUT2D eigenvalue weighted by Crippen LogP contribution is -3.13. The average molecular weight is 391 g/mol. The minimum absolute atomic E-state index is 0.0939. The Balaban J connectivity index is 1.68. The summed E-state index contributed by atoms with van der Waals surface area (Å²) < 4.78 is 5.18. The molecule has 1 aliphatic heterocycles. The summed E-state index contributed by atoms with van der Waals surface area (Å²) in [4.78, 5) is 27.4. The van der Waals surface area contributed by atoms with E-state index in [4.69, 9.17) is 4.74 Å². The van der Waals surface area contributed by atoms with E-state index in [0.717, 1.165) is 32.7 Å². The number of alkyl carbamates (subject to hydrolysis) is 1. The zero-order chi connectivity index (χ0) is 20.7. The van der Waals surface area contributed by atoms with Crippen LogP contribution in [0.3, 0.4) is 0 Å². The van der Waals surface area contributed by atoms with E-state index in [1.807, 2.05) is 25.7 Å². The van der Waals surface area contributed by atoms with Crippen molar-refractivity contribution in [2.45, 2.75) is 59.1 Å². The molecular formula is C22H36N3O3+. The molecule has 0 saturated carbocycles. The Labute approximate surface area is 169 Å². The third-order valence-electron chi connectivity index (χ3n) is 4.93. The van der Waals surface area contributed by atoms with Crippen molar-refractivity contribution in [3.05, 3.63) is 35.4 Å². The molecule has 0 aromatic heterocycles. The molecule has 1 fully saturated rings. The van der Waals surface area contributed by atoms with Gasteiger partial charge in [0.15, 0.2) is 0 Å². The Bertz CT molecular complexity index is 642. The van der Waals surface area contributed by atoms with Gasteiger partial charge in [0.1, 0.15) is 12.1 Å². The number of hydrogen-bond donors (Lipinski definition) is 2. The highest BCUT2D eigenvalue weighted by Crippen LogP contribution is 2.14. The molecule has 1 aliphatic rings. The molecule has 6 heteroatoms. The third-order valence-corrected chi connectivity index (χ3v) is 4.93. The van der Waals surface area contributed by atoms with Crippen LogP contribution in [0.5, 0.6) is 0 Å². The van der Waals surface area contributed by atoms with E-state index in [1.54, 1.807) is 0 Å². The summed E-state index contributed by atoms with van der Waals surface area (Å²) in [6, 6.07) is 8.89. The molecule has 0 radical (unpaired) electrons. The number of quaternary nitrogens is 1. The molecule has 6 nitrogen and oxygen atoms in total. The molecule has 0 atom stereocenters. The van der Waals surface area contributed by atoms with Gasteiger partial charge in [-0.2, -0.15) is 0 Å². The van der Waals surface area contributed by atoms with Crippen LogP contribution in [0.25, 0.3) is 0 Å². The summed E-state index contributed by atoms with van der Waals surface area (Å²) in [7, 11) is 0. The standard InChI is InChI=1S/C22H35N3O3/c1-17(2)19-8-6-18(7-9-19)16-24-12-14-25(15-13-24)20(26)10-11-23-21(27)28-22(3,4)5/h6-9,17H,10-16H2,1-5H3,(H,23,27)/p+1. The van der Waals surface area contributed by atoms with E-state index in [2.05, 4.69) is 43.4 Å². The number of nitrogens with one attached hydrogen (secondary N) is 2. The number of rotatable bonds is 6. The maximum atomic E-state index is 12.4. The van der Waals surface area contributed by atoms with Gasteiger partial charge in [0.25, 0.3) is 0 Å². The predicted molar refractivity (Wildman–Crippen MR) is 110 cm³/mol. The van der Waals surface area contributed by atoms with Crippen LogP contribution >= 0.6 is 0 Å². The molecule has 1 heterocycles. The van der Waals surface area contributed by atoms with Crippen LogP contribution in [0.2, 0.25) is 0 Å². The van der Waals surface area contributed by atoms with Gasteiger partial charge < -0.3 is 19.9 Å². The number of amides is 2. The monoisotopic (exact) mass is 390 g/mol. The van der Waals surface area contributed by atoms with Crippen LogP contribution in [0.4, 0.5) is 4.79 Å². The largest absolute Gasteiger partial charge is 0.444 e. The Hall–Kier alpha value is -2.08. The van der Waals surface area contributed by atoms with Crippen molar-refractivity contribution in [2.24, 2.45) is 0 Å². The summed E-state index contributed by atoms with van der Waals surface area (Å²) in [5, 5.41) is 2.65. The van der Waals surface area contributed by atoms with Crippen LogP contribution < -0.4 is 10.2 Å². The summed E-state index contributed by atoms with van der Waals surface area (Å²) in [5.74, 6) is 0.650. The molecule has 28 heavy (non-hydrogen) atoms. The molecule has 2 N–H and O–H groups in total. The SMILES string of the molecule is CC(C)c1ccc(C[NH+]2CCN(C(=O)CCNC(=O)OC(C)(C)C)CC2)cc1. The van der Waals surface area contributed by atoms with Crippen molar-refractivity contribution in [2.75, 3.05) is 32.7 Å². The highest BCUT2D eigenvalue weighted by molar-refractivity contribution is 5.77. The fourth-order valence-corrected chi connectivity index (χ4v) is 3.30. The summed E-state index contributed by atoms with van der Waals surface area (Å²) in [5.41, 5.74) is 2.19. The molecule has 1 aromatic carbocycles. The number of hydrogen-bond acceptors (Lipinski definition) is 3. The molecule has 0 bridgehead atoms. The predicted octanol–water partition coefficient (Wildman–Crippen LogP) is 1.95. The molecule has 0 spiro atoms. The molecule has 2 amide bonds. The normalized spacial score (nSPS) is 15.6. The van der Waals surface area contributed by atoms with Crippen LogP contribution in [-0.2, 0) is 16.1 Å². The molecule has 2 rings (SSSR count). The molecule has 0 unspecified atom stereocenters. The van der Waals surface area contributed by atoms with Crippen molar-refractivity contribution >= 4 is 12.0 Å². The van der Waals surface area contributed by atoms with E-state index < -0.39 is 11.7 Å². The van der Waals surface area contributed by atoms with Gasteiger partial charge in [0, 0.05) is 18.5 Å². The Morgan fingerprint density at radius 2 is 1.75 bits per heavy atom. The summed E-state index contributed by atoms with van der Waals surface area (Å²) >= 11 is 0. The first-order chi connectivity index (χ1) is 13.1. The van der Waals surface area contributed by atoms with Gasteiger partial charge >= 0.3 is 6.09 Å². The van der Waals surface area contributed by atoms with Gasteiger partial charge in [0.05, 0.1) is 26.2 Å². The fourth-order valence-electron chi connectivity index (χ4n) is 3.30. The highest BCUT2D eigenvalue weighted by Gasteiger charge is 2.24. The van der Waals surface area contributed by atoms with Gasteiger partial charge in [-0.15, -0.1) is 0 Å². The second-order valence-electron chi connectivity index (χ2n) is 8.88. The average Bonchev–Trinajstić information content (AvgIpc) is 2.61. The molecule has 0 aliphatic carbocycles. The molecular weight excluding hydrogens is 354 g/mol. The van der Waals surface area contributed by atoms with Crippen molar-refractivity contribution in [1.29, 1.82) is 0 Å². The van der Waals surface area contributed by atoms with E-state index in [-0.39, 0.29) is 5.91 Å². The number of ether oxygens (including phenoxy) is 1. The van der Waals surface area contributed by atoms with E-state index >= 15 is 0 Å². The lowest BCUT2D eigenvalue weighted by Gasteiger charge is -2.32. The first kappa shape index (κ1) is 22.2. The second-order valence-corrected chi connectivity index (χ2v) is 8.88. The Kier molecular flexibility index (Phi) is 7.87. The topological polar surface area (TPSA) is 63.1 Å². The summed E-state index contributed by atoms with van der Waals surface area (Å²) in [6.45, 7) is 14.6. The van der Waals surface area contributed by atoms with Crippen molar-refractivity contribution < 1.29 is 19.2 Å². The van der Waals surface area contributed by atoms with Crippen molar-refractivity contribution in [3.8, 4) is 0 Å². The lowest BCUT2D eigenvalue weighted by atomic mass is 10.0. The minimum Gasteiger partial charge on any atom is -0.444 e. The second kappa shape index (κ2) is 9.92. The van der Waals surface area contributed by atoms with Gasteiger partial charge in [0.2, 0.25) is 5.91 Å². The summed E-state index contributed by atoms with van der Waals surface area (Å²) in [6.07, 6.45) is -0.163. The van der Waals surface area contributed by atoms with Crippen LogP contribution in [0.15, 0.2) is 24.3 Å². The quantitative estimate of drug-likeness (QED) is 0.780. The minimum atomic E-state index is -0.525. The number of carbonyl (C=O) groups excluding carboxylic acids is 2. The van der Waals surface area contributed by atoms with Crippen LogP contribution in [0, 0.1) is 0 Å². The number of benzene rings is 1. The number of piperazine rings is 1. The zero-order valence-corrected chi connectivity index (χ0v) is 18.0. The molecule has 156 valence electrons. The van der Waals surface area contributed by atoms with Crippen LogP contribution in [-0.4, -0.2) is 55.2 Å². The first-order valence-electron chi connectivity index (χ1n) is 10.3. The van der Waals surface area contributed by atoms with Gasteiger partial charge in [-0.05, 0) is 32.3 Å².